The second-order valence-electron chi connectivity index (χ2n) is 3.72. The Bertz CT molecular complexity index is 257. The quantitative estimate of drug-likeness (QED) is 0.694. The summed E-state index contributed by atoms with van der Waals surface area (Å²) in [5.74, 6) is -0.390. The Morgan fingerprint density at radius 2 is 2.31 bits per heavy atom. The number of amides is 2. The van der Waals surface area contributed by atoms with Crippen molar-refractivity contribution >= 4 is 12.0 Å². The summed E-state index contributed by atoms with van der Waals surface area (Å²) in [7, 11) is 0. The molecular weight excluding hydrogens is 212 g/mol. The molecule has 92 valence electrons. The molecule has 6 nitrogen and oxygen atoms in total. The molecule has 6 heteroatoms. The van der Waals surface area contributed by atoms with Crippen molar-refractivity contribution in [3.63, 3.8) is 0 Å². The Morgan fingerprint density at radius 1 is 1.56 bits per heavy atom. The third kappa shape index (κ3) is 3.79. The van der Waals surface area contributed by atoms with Gasteiger partial charge in [0.15, 0.2) is 0 Å². The number of aliphatic hydroxyl groups excluding tert-OH is 1. The van der Waals surface area contributed by atoms with Crippen LogP contribution < -0.4 is 5.32 Å². The molecule has 2 N–H and O–H groups in total. The van der Waals surface area contributed by atoms with E-state index in [0.29, 0.717) is 0 Å². The van der Waals surface area contributed by atoms with E-state index in [1.165, 1.54) is 0 Å². The molecule has 1 aliphatic heterocycles. The molecule has 2 amide bonds. The number of aliphatic hydroxyl groups is 1. The summed E-state index contributed by atoms with van der Waals surface area (Å²) in [6, 6.07) is 0.0351. The van der Waals surface area contributed by atoms with Gasteiger partial charge in [-0.3, -0.25) is 15.0 Å². The minimum absolute atomic E-state index is 0.0351. The summed E-state index contributed by atoms with van der Waals surface area (Å²) in [5.41, 5.74) is 0. The summed E-state index contributed by atoms with van der Waals surface area (Å²) in [5, 5.41) is 11.2. The van der Waals surface area contributed by atoms with Gasteiger partial charge in [-0.2, -0.15) is 0 Å². The van der Waals surface area contributed by atoms with Crippen molar-refractivity contribution in [1.29, 1.82) is 0 Å². The molecule has 0 unspecified atom stereocenters. The number of nitrogens with one attached hydrogen (secondary N) is 1. The molecule has 0 radical (unpaired) electrons. The Kier molecular flexibility index (Phi) is 5.21. The monoisotopic (exact) mass is 230 g/mol. The van der Waals surface area contributed by atoms with E-state index in [2.05, 4.69) is 10.1 Å². The lowest BCUT2D eigenvalue weighted by Gasteiger charge is -2.21. The third-order valence-electron chi connectivity index (χ3n) is 2.57. The van der Waals surface area contributed by atoms with Gasteiger partial charge in [-0.05, 0) is 26.3 Å². The van der Waals surface area contributed by atoms with Crippen molar-refractivity contribution in [2.24, 2.45) is 0 Å². The molecule has 1 rings (SSSR count). The minimum atomic E-state index is -0.716. The maximum Gasteiger partial charge on any atom is 0.413 e. The van der Waals surface area contributed by atoms with Crippen molar-refractivity contribution in [2.45, 2.75) is 25.8 Å². The van der Waals surface area contributed by atoms with Crippen molar-refractivity contribution in [3.05, 3.63) is 0 Å². The number of carbonyl (C=O) groups is 2. The fourth-order valence-corrected chi connectivity index (χ4v) is 1.82. The highest BCUT2D eigenvalue weighted by atomic mass is 16.5. The van der Waals surface area contributed by atoms with Crippen LogP contribution in [0.5, 0.6) is 0 Å². The highest BCUT2D eigenvalue weighted by Crippen LogP contribution is 2.15. The molecule has 0 bridgehead atoms. The lowest BCUT2D eigenvalue weighted by Crippen LogP contribution is -2.43. The molecule has 0 aliphatic carbocycles. The second kappa shape index (κ2) is 6.44. The van der Waals surface area contributed by atoms with Gasteiger partial charge in [0.05, 0.1) is 19.8 Å². The predicted octanol–water partition coefficient (Wildman–Crippen LogP) is -0.284. The van der Waals surface area contributed by atoms with Crippen LogP contribution in [-0.2, 0) is 9.53 Å². The molecule has 1 heterocycles. The van der Waals surface area contributed by atoms with Gasteiger partial charge in [0.2, 0.25) is 5.91 Å². The number of nitrogens with zero attached hydrogens (tertiary/aromatic N) is 1. The number of imide groups is 1. The summed E-state index contributed by atoms with van der Waals surface area (Å²) < 4.78 is 4.59. The summed E-state index contributed by atoms with van der Waals surface area (Å²) in [6.07, 6.45) is 1.15. The first-order valence-corrected chi connectivity index (χ1v) is 5.49. The average molecular weight is 230 g/mol. The van der Waals surface area contributed by atoms with Gasteiger partial charge >= 0.3 is 6.09 Å². The standard InChI is InChI=1S/C10H18N2O4/c1-2-16-10(15)11-9(14)6-12-5-3-4-8(12)7-13/h8,13H,2-7H2,1H3,(H,11,14,15)/t8-/m1/s1. The first-order valence-electron chi connectivity index (χ1n) is 5.49. The predicted molar refractivity (Wildman–Crippen MR) is 56.8 cm³/mol. The normalized spacial score (nSPS) is 20.8. The molecule has 0 aromatic carbocycles. The minimum Gasteiger partial charge on any atom is -0.450 e. The maximum absolute atomic E-state index is 11.4. The van der Waals surface area contributed by atoms with Gasteiger partial charge in [-0.25, -0.2) is 4.79 Å². The van der Waals surface area contributed by atoms with Gasteiger partial charge < -0.3 is 9.84 Å². The third-order valence-corrected chi connectivity index (χ3v) is 2.57. The molecular formula is C10H18N2O4. The topological polar surface area (TPSA) is 78.9 Å². The molecule has 0 aromatic rings. The summed E-state index contributed by atoms with van der Waals surface area (Å²) >= 11 is 0. The van der Waals surface area contributed by atoms with Crippen LogP contribution in [0.4, 0.5) is 4.79 Å². The lowest BCUT2D eigenvalue weighted by atomic mass is 10.2. The van der Waals surface area contributed by atoms with E-state index in [4.69, 9.17) is 5.11 Å². The number of hydrogen-bond donors (Lipinski definition) is 2. The number of alkyl carbamates (subject to hydrolysis) is 1. The molecule has 1 fully saturated rings. The Morgan fingerprint density at radius 3 is 2.94 bits per heavy atom. The van der Waals surface area contributed by atoms with Crippen LogP contribution in [0.15, 0.2) is 0 Å². The summed E-state index contributed by atoms with van der Waals surface area (Å²) in [4.78, 5) is 24.2. The van der Waals surface area contributed by atoms with E-state index in [0.717, 1.165) is 19.4 Å². The molecule has 0 saturated carbocycles. The van der Waals surface area contributed by atoms with E-state index in [1.54, 1.807) is 6.92 Å². The van der Waals surface area contributed by atoms with Gasteiger partial charge in [0, 0.05) is 6.04 Å². The van der Waals surface area contributed by atoms with Gasteiger partial charge in [0.1, 0.15) is 0 Å². The SMILES string of the molecule is CCOC(=O)NC(=O)CN1CCC[C@@H]1CO. The fourth-order valence-electron chi connectivity index (χ4n) is 1.82. The van der Waals surface area contributed by atoms with Crippen LogP contribution in [0.2, 0.25) is 0 Å². The van der Waals surface area contributed by atoms with E-state index in [-0.39, 0.29) is 31.7 Å². The van der Waals surface area contributed by atoms with Gasteiger partial charge in [-0.15, -0.1) is 0 Å². The largest absolute Gasteiger partial charge is 0.450 e. The fraction of sp³-hybridized carbons (Fsp3) is 0.800. The zero-order valence-electron chi connectivity index (χ0n) is 9.44. The second-order valence-corrected chi connectivity index (χ2v) is 3.72. The van der Waals surface area contributed by atoms with E-state index < -0.39 is 6.09 Å². The Balaban J connectivity index is 2.30. The maximum atomic E-state index is 11.4. The van der Waals surface area contributed by atoms with Crippen LogP contribution in [0.1, 0.15) is 19.8 Å². The Hall–Kier alpha value is -1.14. The Labute approximate surface area is 94.6 Å². The summed E-state index contributed by atoms with van der Waals surface area (Å²) in [6.45, 7) is 2.87. The molecule has 1 atom stereocenters. The zero-order valence-corrected chi connectivity index (χ0v) is 9.44. The zero-order chi connectivity index (χ0) is 12.0. The van der Waals surface area contributed by atoms with Crippen molar-refractivity contribution in [2.75, 3.05) is 26.3 Å². The molecule has 0 spiro atoms. The van der Waals surface area contributed by atoms with Crippen molar-refractivity contribution in [1.82, 2.24) is 10.2 Å². The van der Waals surface area contributed by atoms with Crippen LogP contribution in [0.25, 0.3) is 0 Å². The number of hydrogen-bond acceptors (Lipinski definition) is 5. The average Bonchev–Trinajstić information content (AvgIpc) is 2.65. The molecule has 1 aliphatic rings. The lowest BCUT2D eigenvalue weighted by molar-refractivity contribution is -0.121. The van der Waals surface area contributed by atoms with E-state index in [1.807, 2.05) is 4.90 Å². The van der Waals surface area contributed by atoms with Crippen LogP contribution in [0.3, 0.4) is 0 Å². The number of carbonyl (C=O) groups excluding carboxylic acids is 2. The van der Waals surface area contributed by atoms with Gasteiger partial charge in [0.25, 0.3) is 0 Å². The number of likely N-dealkylation sites (tertiary alicyclic amines) is 1. The van der Waals surface area contributed by atoms with E-state index in [9.17, 15) is 9.59 Å². The van der Waals surface area contributed by atoms with Crippen LogP contribution >= 0.6 is 0 Å². The molecule has 1 saturated heterocycles. The molecule has 0 aromatic heterocycles. The first-order chi connectivity index (χ1) is 7.67. The van der Waals surface area contributed by atoms with Gasteiger partial charge in [-0.1, -0.05) is 0 Å². The first kappa shape index (κ1) is 12.9. The highest BCUT2D eigenvalue weighted by molar-refractivity contribution is 5.92. The number of ether oxygens (including phenoxy) is 1. The number of rotatable bonds is 4. The van der Waals surface area contributed by atoms with Crippen LogP contribution in [0, 0.1) is 0 Å². The van der Waals surface area contributed by atoms with Crippen molar-refractivity contribution < 1.29 is 19.4 Å². The molecule has 16 heavy (non-hydrogen) atoms. The van der Waals surface area contributed by atoms with Crippen LogP contribution in [-0.4, -0.2) is 54.4 Å². The highest BCUT2D eigenvalue weighted by Gasteiger charge is 2.25. The smallest absolute Gasteiger partial charge is 0.413 e. The van der Waals surface area contributed by atoms with E-state index >= 15 is 0 Å². The van der Waals surface area contributed by atoms with Crippen molar-refractivity contribution in [3.8, 4) is 0 Å².